The molecule has 0 fully saturated rings. The van der Waals surface area contributed by atoms with E-state index in [9.17, 15) is 13.2 Å². The van der Waals surface area contributed by atoms with Crippen LogP contribution in [0.3, 0.4) is 0 Å². The third kappa shape index (κ3) is 2.61. The maximum absolute atomic E-state index is 12.3. The zero-order valence-corrected chi connectivity index (χ0v) is 9.57. The van der Waals surface area contributed by atoms with Crippen molar-refractivity contribution in [1.82, 2.24) is 9.97 Å². The van der Waals surface area contributed by atoms with E-state index in [4.69, 9.17) is 5.73 Å². The third-order valence-corrected chi connectivity index (χ3v) is 2.36. The van der Waals surface area contributed by atoms with E-state index in [-0.39, 0.29) is 11.6 Å². The van der Waals surface area contributed by atoms with Crippen LogP contribution >= 0.6 is 0 Å². The van der Waals surface area contributed by atoms with E-state index < -0.39 is 12.7 Å². The van der Waals surface area contributed by atoms with Crippen molar-refractivity contribution >= 4 is 22.7 Å². The molecule has 7 heteroatoms. The molecule has 0 aliphatic carbocycles. The highest BCUT2D eigenvalue weighted by Crippen LogP contribution is 2.24. The predicted molar refractivity (Wildman–Crippen MR) is 63.3 cm³/mol. The second-order valence-electron chi connectivity index (χ2n) is 3.89. The first kappa shape index (κ1) is 12.4. The smallest absolute Gasteiger partial charge is 0.381 e. The van der Waals surface area contributed by atoms with E-state index in [0.717, 1.165) is 4.90 Å². The largest absolute Gasteiger partial charge is 0.405 e. The van der Waals surface area contributed by atoms with Crippen molar-refractivity contribution in [3.63, 3.8) is 0 Å². The van der Waals surface area contributed by atoms with Gasteiger partial charge in [-0.2, -0.15) is 13.2 Å². The van der Waals surface area contributed by atoms with Gasteiger partial charge in [0.2, 0.25) is 0 Å². The van der Waals surface area contributed by atoms with Crippen molar-refractivity contribution in [1.29, 1.82) is 0 Å². The molecule has 2 aromatic rings. The van der Waals surface area contributed by atoms with Gasteiger partial charge in [-0.05, 0) is 12.1 Å². The van der Waals surface area contributed by atoms with Crippen LogP contribution in [0, 0.1) is 0 Å². The second kappa shape index (κ2) is 4.32. The first-order valence-corrected chi connectivity index (χ1v) is 5.17. The molecule has 2 rings (SSSR count). The fourth-order valence-corrected chi connectivity index (χ4v) is 1.63. The van der Waals surface area contributed by atoms with Crippen LogP contribution in [-0.4, -0.2) is 29.7 Å². The van der Waals surface area contributed by atoms with Crippen LogP contribution in [0.5, 0.6) is 0 Å². The van der Waals surface area contributed by atoms with Gasteiger partial charge >= 0.3 is 6.18 Å². The fourth-order valence-electron chi connectivity index (χ4n) is 1.63. The molecule has 0 saturated heterocycles. The summed E-state index contributed by atoms with van der Waals surface area (Å²) in [6, 6.07) is 6.87. The first-order valence-electron chi connectivity index (χ1n) is 5.17. The Hall–Kier alpha value is -2.05. The van der Waals surface area contributed by atoms with Gasteiger partial charge in [-0.1, -0.05) is 12.1 Å². The average Bonchev–Trinajstić information content (AvgIpc) is 2.25. The minimum Gasteiger partial charge on any atom is -0.381 e. The summed E-state index contributed by atoms with van der Waals surface area (Å²) in [5.74, 6) is 0.0199. The number of nitrogens with zero attached hydrogens (tertiary/aromatic N) is 3. The van der Waals surface area contributed by atoms with Gasteiger partial charge in [0.25, 0.3) is 0 Å². The summed E-state index contributed by atoms with van der Waals surface area (Å²) in [7, 11) is 1.28. The average molecular weight is 256 g/mol. The Morgan fingerprint density at radius 1 is 1.17 bits per heavy atom. The van der Waals surface area contributed by atoms with E-state index in [1.54, 1.807) is 24.3 Å². The number of fused-ring (bicyclic) bond motifs is 1. The van der Waals surface area contributed by atoms with E-state index in [1.165, 1.54) is 7.05 Å². The number of anilines is 2. The highest BCUT2D eigenvalue weighted by Gasteiger charge is 2.30. The van der Waals surface area contributed by atoms with Crippen LogP contribution in [0.4, 0.5) is 24.8 Å². The highest BCUT2D eigenvalue weighted by molar-refractivity contribution is 5.79. The van der Waals surface area contributed by atoms with Gasteiger partial charge in [-0.15, -0.1) is 0 Å². The number of nitrogen functional groups attached to an aromatic ring is 1. The number of nitrogens with two attached hydrogens (primary N) is 1. The van der Waals surface area contributed by atoms with Gasteiger partial charge in [-0.3, -0.25) is 0 Å². The number of hydrogen-bond donors (Lipinski definition) is 1. The van der Waals surface area contributed by atoms with Crippen molar-refractivity contribution in [2.75, 3.05) is 24.2 Å². The number of aromatic nitrogens is 2. The molecule has 0 atom stereocenters. The molecule has 1 aromatic heterocycles. The van der Waals surface area contributed by atoms with Gasteiger partial charge in [0.05, 0.1) is 11.0 Å². The topological polar surface area (TPSA) is 55.0 Å². The van der Waals surface area contributed by atoms with Gasteiger partial charge in [-0.25, -0.2) is 9.97 Å². The summed E-state index contributed by atoms with van der Waals surface area (Å²) in [6.45, 7) is -1.12. The summed E-state index contributed by atoms with van der Waals surface area (Å²) in [6.07, 6.45) is -4.31. The van der Waals surface area contributed by atoms with E-state index in [2.05, 4.69) is 9.97 Å². The van der Waals surface area contributed by atoms with Crippen molar-refractivity contribution in [3.05, 3.63) is 24.3 Å². The standard InChI is InChI=1S/C11H11F3N4/c1-18(6-11(12,13)14)10-9(15)16-7-4-2-3-5-8(7)17-10/h2-5H,6H2,1H3,(H2,15,16). The zero-order chi connectivity index (χ0) is 13.3. The Labute approximate surface area is 101 Å². The number of benzene rings is 1. The molecule has 0 amide bonds. The summed E-state index contributed by atoms with van der Waals surface area (Å²) < 4.78 is 36.9. The Kier molecular flexibility index (Phi) is 2.98. The predicted octanol–water partition coefficient (Wildman–Crippen LogP) is 2.21. The van der Waals surface area contributed by atoms with Crippen molar-refractivity contribution in [2.24, 2.45) is 0 Å². The maximum Gasteiger partial charge on any atom is 0.405 e. The molecular formula is C11H11F3N4. The van der Waals surface area contributed by atoms with Crippen LogP contribution in [-0.2, 0) is 0 Å². The van der Waals surface area contributed by atoms with E-state index in [0.29, 0.717) is 11.0 Å². The van der Waals surface area contributed by atoms with Crippen molar-refractivity contribution < 1.29 is 13.2 Å². The number of hydrogen-bond acceptors (Lipinski definition) is 4. The molecule has 0 bridgehead atoms. The number of alkyl halides is 3. The molecule has 96 valence electrons. The van der Waals surface area contributed by atoms with Crippen molar-refractivity contribution in [2.45, 2.75) is 6.18 Å². The molecule has 0 radical (unpaired) electrons. The fraction of sp³-hybridized carbons (Fsp3) is 0.273. The summed E-state index contributed by atoms with van der Waals surface area (Å²) >= 11 is 0. The quantitative estimate of drug-likeness (QED) is 0.895. The third-order valence-electron chi connectivity index (χ3n) is 2.36. The molecular weight excluding hydrogens is 245 g/mol. The van der Waals surface area contributed by atoms with Gasteiger partial charge in [0, 0.05) is 7.05 Å². The monoisotopic (exact) mass is 256 g/mol. The van der Waals surface area contributed by atoms with E-state index >= 15 is 0 Å². The van der Waals surface area contributed by atoms with Crippen LogP contribution in [0.15, 0.2) is 24.3 Å². The molecule has 4 nitrogen and oxygen atoms in total. The number of para-hydroxylation sites is 2. The number of rotatable bonds is 2. The van der Waals surface area contributed by atoms with Gasteiger partial charge < -0.3 is 10.6 Å². The minimum atomic E-state index is -4.31. The Bertz CT molecular complexity index is 568. The Morgan fingerprint density at radius 3 is 2.28 bits per heavy atom. The normalized spacial score (nSPS) is 11.8. The maximum atomic E-state index is 12.3. The summed E-state index contributed by atoms with van der Waals surface area (Å²) in [4.78, 5) is 9.07. The Balaban J connectivity index is 2.41. The van der Waals surface area contributed by atoms with Crippen LogP contribution in [0.1, 0.15) is 0 Å². The molecule has 0 aliphatic rings. The molecule has 0 unspecified atom stereocenters. The molecule has 0 saturated carbocycles. The lowest BCUT2D eigenvalue weighted by atomic mass is 10.3. The van der Waals surface area contributed by atoms with Gasteiger partial charge in [0.15, 0.2) is 11.6 Å². The zero-order valence-electron chi connectivity index (χ0n) is 9.57. The summed E-state index contributed by atoms with van der Waals surface area (Å²) in [5, 5.41) is 0. The van der Waals surface area contributed by atoms with E-state index in [1.807, 2.05) is 0 Å². The minimum absolute atomic E-state index is 0.0135. The van der Waals surface area contributed by atoms with Crippen molar-refractivity contribution in [3.8, 4) is 0 Å². The lowest BCUT2D eigenvalue weighted by Crippen LogP contribution is -2.32. The highest BCUT2D eigenvalue weighted by atomic mass is 19.4. The number of halogens is 3. The SMILES string of the molecule is CN(CC(F)(F)F)c1nc2ccccc2nc1N. The molecule has 18 heavy (non-hydrogen) atoms. The van der Waals surface area contributed by atoms with Gasteiger partial charge in [0.1, 0.15) is 6.54 Å². The summed E-state index contributed by atoms with van der Waals surface area (Å²) in [5.41, 5.74) is 6.69. The molecule has 0 spiro atoms. The van der Waals surface area contributed by atoms with Crippen LogP contribution in [0.25, 0.3) is 11.0 Å². The lowest BCUT2D eigenvalue weighted by molar-refractivity contribution is -0.119. The Morgan fingerprint density at radius 2 is 1.72 bits per heavy atom. The molecule has 0 aliphatic heterocycles. The van der Waals surface area contributed by atoms with Crippen LogP contribution < -0.4 is 10.6 Å². The molecule has 1 heterocycles. The first-order chi connectivity index (χ1) is 8.37. The second-order valence-corrected chi connectivity index (χ2v) is 3.89. The molecule has 2 N–H and O–H groups in total. The molecule has 1 aromatic carbocycles. The lowest BCUT2D eigenvalue weighted by Gasteiger charge is -2.20. The van der Waals surface area contributed by atoms with Crippen LogP contribution in [0.2, 0.25) is 0 Å².